The Morgan fingerprint density at radius 3 is 2.61 bits per heavy atom. The maximum atomic E-state index is 14.2. The zero-order valence-corrected chi connectivity index (χ0v) is 23.4. The molecule has 11 nitrogen and oxygen atoms in total. The van der Waals surface area contributed by atoms with Crippen molar-refractivity contribution in [3.63, 3.8) is 0 Å². The monoisotopic (exact) mass is 583 g/mol. The van der Waals surface area contributed by atoms with E-state index in [1.807, 2.05) is 19.0 Å². The van der Waals surface area contributed by atoms with E-state index < -0.39 is 34.4 Å². The van der Waals surface area contributed by atoms with Gasteiger partial charge >= 0.3 is 0 Å². The lowest BCUT2D eigenvalue weighted by Gasteiger charge is -2.56. The Hall–Kier alpha value is -4.20. The number of pyridine rings is 1. The topological polar surface area (TPSA) is 130 Å². The van der Waals surface area contributed by atoms with Crippen LogP contribution in [0.1, 0.15) is 71.3 Å². The average molecular weight is 584 g/mol. The van der Waals surface area contributed by atoms with Gasteiger partial charge in [0, 0.05) is 38.2 Å². The molecule has 214 valence electrons. The van der Waals surface area contributed by atoms with Gasteiger partial charge in [0.15, 0.2) is 22.3 Å². The zero-order chi connectivity index (χ0) is 29.1. The summed E-state index contributed by atoms with van der Waals surface area (Å²) in [5.41, 5.74) is -1.30. The lowest BCUT2D eigenvalue weighted by Crippen LogP contribution is -2.70. The summed E-state index contributed by atoms with van der Waals surface area (Å²) in [6.07, 6.45) is 4.15. The number of aryl methyl sites for hydroxylation is 1. The van der Waals surface area contributed by atoms with Crippen LogP contribution in [0.4, 0.5) is 8.78 Å². The lowest BCUT2D eigenvalue weighted by molar-refractivity contribution is 0.0107. The number of halogens is 2. The van der Waals surface area contributed by atoms with Gasteiger partial charge in [-0.25, -0.2) is 8.78 Å². The van der Waals surface area contributed by atoms with Crippen LogP contribution in [0.15, 0.2) is 33.7 Å². The van der Waals surface area contributed by atoms with Gasteiger partial charge in [-0.15, -0.1) is 10.2 Å². The van der Waals surface area contributed by atoms with Gasteiger partial charge in [-0.05, 0) is 51.2 Å². The van der Waals surface area contributed by atoms with Gasteiger partial charge < -0.3 is 14.5 Å². The molecule has 4 aromatic rings. The first-order valence-corrected chi connectivity index (χ1v) is 14.1. The van der Waals surface area contributed by atoms with Gasteiger partial charge in [-0.3, -0.25) is 19.3 Å². The summed E-state index contributed by atoms with van der Waals surface area (Å²) in [4.78, 5) is 33.1. The Morgan fingerprint density at radius 1 is 1.20 bits per heavy atom. The molecule has 14 heteroatoms. The molecule has 1 aromatic carbocycles. The summed E-state index contributed by atoms with van der Waals surface area (Å²) in [7, 11) is 1.83. The molecule has 1 saturated carbocycles. The first kappa shape index (κ1) is 27.0. The third-order valence-electron chi connectivity index (χ3n) is 8.09. The minimum absolute atomic E-state index is 0.0513. The Labute approximate surface area is 237 Å². The fraction of sp³-hybridized carbons (Fsp3) is 0.407. The average Bonchev–Trinajstić information content (AvgIpc) is 3.60. The van der Waals surface area contributed by atoms with Gasteiger partial charge in [0.2, 0.25) is 11.3 Å². The van der Waals surface area contributed by atoms with Crippen LogP contribution in [0.5, 0.6) is 5.75 Å². The molecule has 6 rings (SSSR count). The van der Waals surface area contributed by atoms with Crippen molar-refractivity contribution in [3.05, 3.63) is 74.2 Å². The first-order valence-electron chi connectivity index (χ1n) is 13.2. The molecule has 0 atom stereocenters. The van der Waals surface area contributed by atoms with E-state index in [4.69, 9.17) is 4.52 Å². The zero-order valence-electron chi connectivity index (χ0n) is 22.6. The summed E-state index contributed by atoms with van der Waals surface area (Å²) in [5.74, 6) is -1.28. The molecule has 1 fully saturated rings. The predicted molar refractivity (Wildman–Crippen MR) is 144 cm³/mol. The van der Waals surface area contributed by atoms with Crippen molar-refractivity contribution in [2.45, 2.75) is 57.5 Å². The highest BCUT2D eigenvalue weighted by Gasteiger charge is 2.51. The third kappa shape index (κ3) is 4.36. The van der Waals surface area contributed by atoms with Gasteiger partial charge in [0.05, 0.1) is 5.56 Å². The molecule has 41 heavy (non-hydrogen) atoms. The number of amides is 1. The second-order valence-corrected chi connectivity index (χ2v) is 11.4. The smallest absolute Gasteiger partial charge is 0.278 e. The number of carbonyl (C=O) groups excluding carboxylic acids is 1. The van der Waals surface area contributed by atoms with Gasteiger partial charge in [0.25, 0.3) is 5.91 Å². The molecular formula is C27H27F2N7O4S. The summed E-state index contributed by atoms with van der Waals surface area (Å²) >= 11 is 1.06. The molecule has 3 aromatic heterocycles. The normalized spacial score (nSPS) is 20.6. The maximum Gasteiger partial charge on any atom is 0.278 e. The van der Waals surface area contributed by atoms with E-state index in [0.717, 1.165) is 23.5 Å². The Kier molecular flexibility index (Phi) is 6.59. The fourth-order valence-corrected chi connectivity index (χ4v) is 6.84. The molecule has 0 bridgehead atoms. The molecule has 1 aliphatic heterocycles. The van der Waals surface area contributed by atoms with Crippen LogP contribution in [-0.4, -0.2) is 60.2 Å². The molecular weight excluding hydrogens is 556 g/mol. The molecule has 1 spiro atoms. The maximum absolute atomic E-state index is 14.2. The molecule has 1 amide bonds. The molecule has 1 N–H and O–H groups in total. The van der Waals surface area contributed by atoms with Crippen molar-refractivity contribution in [2.24, 2.45) is 0 Å². The lowest BCUT2D eigenvalue weighted by atomic mass is 9.79. The Bertz CT molecular complexity index is 1710. The van der Waals surface area contributed by atoms with E-state index >= 15 is 0 Å². The third-order valence-corrected chi connectivity index (χ3v) is 9.05. The van der Waals surface area contributed by atoms with Crippen molar-refractivity contribution < 1.29 is 23.2 Å². The number of rotatable bonds is 5. The summed E-state index contributed by atoms with van der Waals surface area (Å²) < 4.78 is 34.4. The predicted octanol–water partition coefficient (Wildman–Crippen LogP) is 3.73. The summed E-state index contributed by atoms with van der Waals surface area (Å²) in [6.45, 7) is 4.02. The van der Waals surface area contributed by atoms with E-state index in [2.05, 4.69) is 20.3 Å². The summed E-state index contributed by atoms with van der Waals surface area (Å²) in [6, 6.07) is 3.29. The van der Waals surface area contributed by atoms with Crippen molar-refractivity contribution in [1.29, 1.82) is 0 Å². The SMILES string of the molecule is CCN1C(=O)c2c(O)c(=O)c(-c3nnc(Cc4ccc(F)cc4F)s3)cn2N(C)C12CCC(c1nc(C)no1)CC2. The molecule has 0 unspecified atom stereocenters. The van der Waals surface area contributed by atoms with E-state index in [1.165, 1.54) is 16.9 Å². The molecule has 2 aliphatic rings. The number of benzene rings is 1. The molecule has 0 radical (unpaired) electrons. The molecule has 0 saturated heterocycles. The summed E-state index contributed by atoms with van der Waals surface area (Å²) in [5, 5.41) is 25.6. The van der Waals surface area contributed by atoms with E-state index in [-0.39, 0.29) is 34.2 Å². The van der Waals surface area contributed by atoms with Crippen molar-refractivity contribution in [2.75, 3.05) is 18.6 Å². The number of aromatic nitrogens is 5. The van der Waals surface area contributed by atoms with Crippen molar-refractivity contribution in [1.82, 2.24) is 29.9 Å². The number of aromatic hydroxyl groups is 1. The first-order chi connectivity index (χ1) is 19.6. The highest BCUT2D eigenvalue weighted by atomic mass is 32.1. The van der Waals surface area contributed by atoms with Gasteiger partial charge in [-0.2, -0.15) is 4.98 Å². The van der Waals surface area contributed by atoms with Crippen LogP contribution in [0, 0.1) is 18.6 Å². The van der Waals surface area contributed by atoms with Crippen molar-refractivity contribution in [3.8, 4) is 16.3 Å². The van der Waals surface area contributed by atoms with Crippen LogP contribution in [-0.2, 0) is 6.42 Å². The second-order valence-electron chi connectivity index (χ2n) is 10.3. The highest BCUT2D eigenvalue weighted by molar-refractivity contribution is 7.14. The minimum atomic E-state index is -0.754. The number of hydrogen-bond donors (Lipinski definition) is 1. The van der Waals surface area contributed by atoms with Crippen LogP contribution < -0.4 is 10.4 Å². The molecule has 4 heterocycles. The Balaban J connectivity index is 1.35. The van der Waals surface area contributed by atoms with Gasteiger partial charge in [-0.1, -0.05) is 22.6 Å². The van der Waals surface area contributed by atoms with Crippen LogP contribution in [0.2, 0.25) is 0 Å². The molecule has 1 aliphatic carbocycles. The highest BCUT2D eigenvalue weighted by Crippen LogP contribution is 2.45. The van der Waals surface area contributed by atoms with Crippen LogP contribution >= 0.6 is 11.3 Å². The number of fused-ring (bicyclic) bond motifs is 1. The standard InChI is InChI=1S/C27H27F2N7O4S/c1-4-35-26(39)21-23(38)22(37)18(25-32-31-20(41-25)11-16-5-6-17(28)12-19(16)29)13-36(21)34(3)27(35)9-7-15(8-10-27)24-30-14(2)33-40-24/h5-6,12-13,15,38H,4,7-11H2,1-3H3. The number of nitrogens with zero attached hydrogens (tertiary/aromatic N) is 7. The van der Waals surface area contributed by atoms with E-state index in [1.54, 1.807) is 11.8 Å². The van der Waals surface area contributed by atoms with Crippen LogP contribution in [0.3, 0.4) is 0 Å². The van der Waals surface area contributed by atoms with E-state index in [0.29, 0.717) is 49.0 Å². The van der Waals surface area contributed by atoms with Crippen LogP contribution in [0.25, 0.3) is 10.6 Å². The number of carbonyl (C=O) groups is 1. The quantitative estimate of drug-likeness (QED) is 0.373. The minimum Gasteiger partial charge on any atom is -0.502 e. The van der Waals surface area contributed by atoms with E-state index in [9.17, 15) is 23.5 Å². The largest absolute Gasteiger partial charge is 0.502 e. The Morgan fingerprint density at radius 2 is 1.95 bits per heavy atom. The number of hydrogen-bond acceptors (Lipinski definition) is 10. The fourth-order valence-electron chi connectivity index (χ4n) is 5.97. The van der Waals surface area contributed by atoms with Crippen molar-refractivity contribution >= 4 is 17.2 Å². The van der Waals surface area contributed by atoms with Gasteiger partial charge in [0.1, 0.15) is 22.3 Å². The second kappa shape index (κ2) is 10.0.